The lowest BCUT2D eigenvalue weighted by Gasteiger charge is -2.11. The van der Waals surface area contributed by atoms with Crippen LogP contribution in [0.25, 0.3) is 6.08 Å². The fourth-order valence-electron chi connectivity index (χ4n) is 2.70. The van der Waals surface area contributed by atoms with Crippen molar-refractivity contribution >= 4 is 17.8 Å². The molecule has 1 heterocycles. The Labute approximate surface area is 169 Å². The Morgan fingerprint density at radius 3 is 2.55 bits per heavy atom. The molecule has 29 heavy (non-hydrogen) atoms. The number of unbranched alkanes of at least 4 members (excludes halogenated alkanes) is 2. The van der Waals surface area contributed by atoms with Crippen LogP contribution in [0.15, 0.2) is 18.2 Å². The Kier molecular flexibility index (Phi) is 10.6. The minimum atomic E-state index is -4.67. The van der Waals surface area contributed by atoms with Crippen LogP contribution in [0.4, 0.5) is 13.2 Å². The van der Waals surface area contributed by atoms with Gasteiger partial charge in [0, 0.05) is 18.4 Å². The Morgan fingerprint density at radius 2 is 1.93 bits per heavy atom. The summed E-state index contributed by atoms with van der Waals surface area (Å²) < 4.78 is 43.4. The van der Waals surface area contributed by atoms with E-state index in [0.717, 1.165) is 25.3 Å². The first-order valence-electron chi connectivity index (χ1n) is 9.71. The lowest BCUT2D eigenvalue weighted by atomic mass is 10.0. The third-order valence-electron chi connectivity index (χ3n) is 4.34. The monoisotopic (exact) mass is 415 g/mol. The number of carbonyl (C=O) groups is 2. The Hall–Kier alpha value is -2.22. The molecule has 0 aliphatic rings. The fraction of sp³-hybridized carbons (Fsp3) is 0.571. The van der Waals surface area contributed by atoms with Gasteiger partial charge in [0.1, 0.15) is 11.4 Å². The SMILES string of the molecule is CCCCCC(O)C/C=C/c1ccc(C(F)(F)F)nc1C(=O)CCCC(=O)OC. The number of alkyl halides is 3. The van der Waals surface area contributed by atoms with Gasteiger partial charge in [0.2, 0.25) is 0 Å². The largest absolute Gasteiger partial charge is 0.469 e. The van der Waals surface area contributed by atoms with Crippen molar-refractivity contribution in [1.29, 1.82) is 0 Å². The highest BCUT2D eigenvalue weighted by Gasteiger charge is 2.33. The molecule has 0 bridgehead atoms. The van der Waals surface area contributed by atoms with Crippen LogP contribution in [0.3, 0.4) is 0 Å². The van der Waals surface area contributed by atoms with E-state index in [0.29, 0.717) is 12.8 Å². The number of aromatic nitrogens is 1. The van der Waals surface area contributed by atoms with Gasteiger partial charge in [-0.3, -0.25) is 9.59 Å². The number of carbonyl (C=O) groups excluding carboxylic acids is 2. The number of esters is 1. The molecule has 1 aromatic heterocycles. The summed E-state index contributed by atoms with van der Waals surface area (Å²) in [7, 11) is 1.22. The molecule has 8 heteroatoms. The lowest BCUT2D eigenvalue weighted by molar-refractivity contribution is -0.141. The molecule has 0 amide bonds. The molecule has 0 saturated carbocycles. The van der Waals surface area contributed by atoms with E-state index in [2.05, 4.69) is 16.6 Å². The number of aliphatic hydroxyl groups is 1. The molecule has 0 fully saturated rings. The highest BCUT2D eigenvalue weighted by atomic mass is 19.4. The minimum absolute atomic E-state index is 0.00364. The Bertz CT molecular complexity index is 702. The van der Waals surface area contributed by atoms with Gasteiger partial charge in [-0.2, -0.15) is 13.2 Å². The van der Waals surface area contributed by atoms with Crippen molar-refractivity contribution in [3.63, 3.8) is 0 Å². The van der Waals surface area contributed by atoms with Crippen LogP contribution in [0.5, 0.6) is 0 Å². The first-order valence-corrected chi connectivity index (χ1v) is 9.71. The maximum Gasteiger partial charge on any atom is 0.433 e. The van der Waals surface area contributed by atoms with Crippen molar-refractivity contribution in [2.24, 2.45) is 0 Å². The van der Waals surface area contributed by atoms with Gasteiger partial charge in [0.15, 0.2) is 5.78 Å². The van der Waals surface area contributed by atoms with Gasteiger partial charge in [-0.1, -0.05) is 44.4 Å². The number of nitrogens with zero attached hydrogens (tertiary/aromatic N) is 1. The van der Waals surface area contributed by atoms with Crippen LogP contribution >= 0.6 is 0 Å². The molecule has 0 aromatic carbocycles. The molecule has 0 saturated heterocycles. The normalized spacial score (nSPS) is 12.9. The molecule has 1 rings (SSSR count). The van der Waals surface area contributed by atoms with Crippen molar-refractivity contribution in [3.8, 4) is 0 Å². The van der Waals surface area contributed by atoms with Crippen molar-refractivity contribution in [1.82, 2.24) is 4.98 Å². The number of Topliss-reactive ketones (excluding diaryl/α,β-unsaturated/α-hetero) is 1. The first kappa shape index (κ1) is 24.8. The highest BCUT2D eigenvalue weighted by Crippen LogP contribution is 2.29. The quantitative estimate of drug-likeness (QED) is 0.296. The van der Waals surface area contributed by atoms with E-state index in [1.54, 1.807) is 6.08 Å². The average molecular weight is 415 g/mol. The zero-order valence-electron chi connectivity index (χ0n) is 16.8. The molecule has 0 aliphatic heterocycles. The summed E-state index contributed by atoms with van der Waals surface area (Å²) in [5, 5.41) is 9.95. The number of hydrogen-bond acceptors (Lipinski definition) is 5. The lowest BCUT2D eigenvalue weighted by Crippen LogP contribution is -2.14. The van der Waals surface area contributed by atoms with Crippen LogP contribution in [0.2, 0.25) is 0 Å². The highest BCUT2D eigenvalue weighted by molar-refractivity contribution is 5.97. The summed E-state index contributed by atoms with van der Waals surface area (Å²) in [4.78, 5) is 27.1. The van der Waals surface area contributed by atoms with Crippen LogP contribution < -0.4 is 0 Å². The van der Waals surface area contributed by atoms with Crippen molar-refractivity contribution in [2.45, 2.75) is 70.6 Å². The molecule has 1 aromatic rings. The van der Waals surface area contributed by atoms with Crippen molar-refractivity contribution < 1.29 is 32.6 Å². The average Bonchev–Trinajstić information content (AvgIpc) is 2.67. The third-order valence-corrected chi connectivity index (χ3v) is 4.34. The smallest absolute Gasteiger partial charge is 0.433 e. The molecular weight excluding hydrogens is 387 g/mol. The third kappa shape index (κ3) is 9.21. The summed E-state index contributed by atoms with van der Waals surface area (Å²) in [6.07, 6.45) is 1.90. The van der Waals surface area contributed by atoms with E-state index in [1.807, 2.05) is 0 Å². The second-order valence-corrected chi connectivity index (χ2v) is 6.77. The van der Waals surface area contributed by atoms with Gasteiger partial charge in [0.25, 0.3) is 0 Å². The van der Waals surface area contributed by atoms with E-state index < -0.39 is 29.7 Å². The predicted molar refractivity (Wildman–Crippen MR) is 103 cm³/mol. The van der Waals surface area contributed by atoms with Crippen LogP contribution in [-0.4, -0.2) is 35.1 Å². The van der Waals surface area contributed by atoms with Gasteiger partial charge in [-0.25, -0.2) is 4.98 Å². The number of halogens is 3. The second kappa shape index (κ2) is 12.4. The fourth-order valence-corrected chi connectivity index (χ4v) is 2.70. The van der Waals surface area contributed by atoms with Gasteiger partial charge in [-0.05, 0) is 25.3 Å². The number of rotatable bonds is 12. The topological polar surface area (TPSA) is 76.5 Å². The molecule has 0 spiro atoms. The number of aliphatic hydroxyl groups excluding tert-OH is 1. The van der Waals surface area contributed by atoms with Gasteiger partial charge >= 0.3 is 12.1 Å². The molecule has 162 valence electrons. The summed E-state index contributed by atoms with van der Waals surface area (Å²) in [5.41, 5.74) is -1.19. The Morgan fingerprint density at radius 1 is 1.21 bits per heavy atom. The summed E-state index contributed by atoms with van der Waals surface area (Å²) in [6, 6.07) is 2.02. The van der Waals surface area contributed by atoms with Gasteiger partial charge in [0.05, 0.1) is 13.2 Å². The van der Waals surface area contributed by atoms with Crippen LogP contribution in [-0.2, 0) is 15.7 Å². The van der Waals surface area contributed by atoms with Crippen LogP contribution in [0, 0.1) is 0 Å². The zero-order chi connectivity index (χ0) is 21.9. The second-order valence-electron chi connectivity index (χ2n) is 6.77. The summed E-state index contributed by atoms with van der Waals surface area (Å²) in [5.74, 6) is -1.07. The zero-order valence-corrected chi connectivity index (χ0v) is 16.8. The molecule has 5 nitrogen and oxygen atoms in total. The molecule has 0 aliphatic carbocycles. The number of ether oxygens (including phenoxy) is 1. The summed E-state index contributed by atoms with van der Waals surface area (Å²) >= 11 is 0. The van der Waals surface area contributed by atoms with Gasteiger partial charge < -0.3 is 9.84 Å². The van der Waals surface area contributed by atoms with Crippen molar-refractivity contribution in [2.75, 3.05) is 7.11 Å². The standard InChI is InChI=1S/C21H28F3NO4/c1-3-4-5-9-16(26)10-6-8-15-13-14-18(21(22,23)24)25-20(15)17(27)11-7-12-19(28)29-2/h6,8,13-14,16,26H,3-5,7,9-12H2,1-2H3/b8-6+. The maximum atomic E-state index is 13.0. The molecular formula is C21H28F3NO4. The molecule has 0 radical (unpaired) electrons. The summed E-state index contributed by atoms with van der Waals surface area (Å²) in [6.45, 7) is 2.06. The van der Waals surface area contributed by atoms with E-state index >= 15 is 0 Å². The van der Waals surface area contributed by atoms with Crippen LogP contribution in [0.1, 0.15) is 80.0 Å². The van der Waals surface area contributed by atoms with Crippen molar-refractivity contribution in [3.05, 3.63) is 35.2 Å². The maximum absolute atomic E-state index is 13.0. The molecule has 1 N–H and O–H groups in total. The van der Waals surface area contributed by atoms with E-state index in [9.17, 15) is 27.9 Å². The van der Waals surface area contributed by atoms with E-state index in [-0.39, 0.29) is 30.5 Å². The van der Waals surface area contributed by atoms with E-state index in [4.69, 9.17) is 0 Å². The van der Waals surface area contributed by atoms with Gasteiger partial charge in [-0.15, -0.1) is 0 Å². The number of ketones is 1. The predicted octanol–water partition coefficient (Wildman–Crippen LogP) is 4.97. The number of hydrogen-bond donors (Lipinski definition) is 1. The number of methoxy groups -OCH3 is 1. The number of pyridine rings is 1. The molecule has 1 atom stereocenters. The van der Waals surface area contributed by atoms with E-state index in [1.165, 1.54) is 19.3 Å². The Balaban J connectivity index is 2.90. The molecule has 1 unspecified atom stereocenters. The first-order chi connectivity index (χ1) is 13.7. The minimum Gasteiger partial charge on any atom is -0.469 e.